The highest BCUT2D eigenvalue weighted by molar-refractivity contribution is 5.62. The van der Waals surface area contributed by atoms with Crippen LogP contribution in [0.5, 0.6) is 17.2 Å². The summed E-state index contributed by atoms with van der Waals surface area (Å²) in [6.45, 7) is 1.35. The van der Waals surface area contributed by atoms with E-state index in [0.717, 1.165) is 13.0 Å². The summed E-state index contributed by atoms with van der Waals surface area (Å²) in [4.78, 5) is 28.0. The Balaban J connectivity index is 1.38. The van der Waals surface area contributed by atoms with Gasteiger partial charge in [-0.25, -0.2) is 14.4 Å². The molecule has 0 radical (unpaired) electrons. The molecule has 0 unspecified atom stereocenters. The molecule has 1 aliphatic heterocycles. The molecule has 35 heavy (non-hydrogen) atoms. The molecule has 0 spiro atoms. The van der Waals surface area contributed by atoms with Crippen LogP contribution in [-0.2, 0) is 7.05 Å². The predicted octanol–water partition coefficient (Wildman–Crippen LogP) is 4.13. The molecule has 0 bridgehead atoms. The maximum atomic E-state index is 13.3. The number of hydrogen-bond donors (Lipinski definition) is 1. The number of nitrogens with zero attached hydrogens (tertiary/aromatic N) is 5. The van der Waals surface area contributed by atoms with Gasteiger partial charge in [0.05, 0.1) is 24.1 Å². The van der Waals surface area contributed by atoms with Crippen molar-refractivity contribution in [3.8, 4) is 28.5 Å². The van der Waals surface area contributed by atoms with E-state index >= 15 is 0 Å². The average molecular weight is 474 g/mol. The van der Waals surface area contributed by atoms with Gasteiger partial charge in [-0.05, 0) is 42.8 Å². The number of ether oxygens (including phenoxy) is 2. The largest absolute Gasteiger partial charge is 0.486 e. The fraction of sp³-hybridized carbons (Fsp3) is 0.200. The lowest BCUT2D eigenvalue weighted by molar-refractivity contribution is 0.306. The number of pyridine rings is 2. The Morgan fingerprint density at radius 2 is 1.91 bits per heavy atom. The van der Waals surface area contributed by atoms with Gasteiger partial charge in [0.15, 0.2) is 11.6 Å². The normalized spacial score (nSPS) is 12.7. The molecule has 9 nitrogen and oxygen atoms in total. The number of hydrogen-bond acceptors (Lipinski definition) is 8. The van der Waals surface area contributed by atoms with Crippen molar-refractivity contribution in [3.05, 3.63) is 77.2 Å². The van der Waals surface area contributed by atoms with Crippen LogP contribution in [0.3, 0.4) is 0 Å². The van der Waals surface area contributed by atoms with Crippen LogP contribution < -0.4 is 25.2 Å². The summed E-state index contributed by atoms with van der Waals surface area (Å²) in [5, 5.41) is 3.22. The molecule has 1 aliphatic rings. The van der Waals surface area contributed by atoms with Gasteiger partial charge in [0, 0.05) is 44.8 Å². The summed E-state index contributed by atoms with van der Waals surface area (Å²) in [6, 6.07) is 11.1. The zero-order chi connectivity index (χ0) is 24.4. The molecular weight excluding hydrogens is 451 g/mol. The van der Waals surface area contributed by atoms with Gasteiger partial charge in [-0.2, -0.15) is 0 Å². The van der Waals surface area contributed by atoms with E-state index in [1.54, 1.807) is 61.7 Å². The molecule has 1 N–H and O–H groups in total. The highest BCUT2D eigenvalue weighted by Crippen LogP contribution is 2.37. The maximum absolute atomic E-state index is 13.3. The van der Waals surface area contributed by atoms with Crippen LogP contribution in [0.15, 0.2) is 65.8 Å². The van der Waals surface area contributed by atoms with Crippen LogP contribution in [0.25, 0.3) is 11.3 Å². The summed E-state index contributed by atoms with van der Waals surface area (Å²) >= 11 is 0. The molecule has 0 fully saturated rings. The fourth-order valence-electron chi connectivity index (χ4n) is 3.76. The lowest BCUT2D eigenvalue weighted by Crippen LogP contribution is -2.27. The van der Waals surface area contributed by atoms with E-state index in [0.29, 0.717) is 52.6 Å². The minimum absolute atomic E-state index is 0.260. The van der Waals surface area contributed by atoms with Crippen molar-refractivity contribution in [1.82, 2.24) is 19.5 Å². The Labute approximate surface area is 200 Å². The molecule has 0 amide bonds. The van der Waals surface area contributed by atoms with Gasteiger partial charge in [0.1, 0.15) is 11.6 Å². The molecular formula is C25H23FN6O3. The van der Waals surface area contributed by atoms with Gasteiger partial charge >= 0.3 is 0 Å². The Kier molecular flexibility index (Phi) is 6.01. The second kappa shape index (κ2) is 9.41. The standard InChI is InChI=1S/C25H23FN6O3/c1-31(17-6-4-16(26)5-7-17)25-30-15-19(24(33)32(25)2)20-9-8-18(14-29-20)35-21-10-12-28-23-22(21)34-13-3-11-27-23/h4-10,12,14-15H,3,11,13H2,1-2H3,(H,27,28). The molecule has 178 valence electrons. The summed E-state index contributed by atoms with van der Waals surface area (Å²) in [5.74, 6) is 2.31. The highest BCUT2D eigenvalue weighted by atomic mass is 19.1. The van der Waals surface area contributed by atoms with E-state index < -0.39 is 0 Å². The minimum atomic E-state index is -0.332. The Morgan fingerprint density at radius 3 is 2.69 bits per heavy atom. The summed E-state index contributed by atoms with van der Waals surface area (Å²) in [5.41, 5.74) is 1.26. The monoisotopic (exact) mass is 474 g/mol. The third-order valence-electron chi connectivity index (χ3n) is 5.63. The first-order valence-electron chi connectivity index (χ1n) is 11.1. The van der Waals surface area contributed by atoms with Crippen LogP contribution in [-0.4, -0.2) is 39.7 Å². The minimum Gasteiger partial charge on any atom is -0.486 e. The van der Waals surface area contributed by atoms with E-state index in [4.69, 9.17) is 9.47 Å². The summed E-state index contributed by atoms with van der Waals surface area (Å²) in [7, 11) is 3.40. The number of halogens is 1. The maximum Gasteiger partial charge on any atom is 0.264 e. The van der Waals surface area contributed by atoms with Gasteiger partial charge in [-0.15, -0.1) is 0 Å². The van der Waals surface area contributed by atoms with Crippen molar-refractivity contribution in [2.45, 2.75) is 6.42 Å². The van der Waals surface area contributed by atoms with E-state index in [1.807, 2.05) is 0 Å². The van der Waals surface area contributed by atoms with Gasteiger partial charge in [0.2, 0.25) is 11.7 Å². The first kappa shape index (κ1) is 22.3. The number of aromatic nitrogens is 4. The van der Waals surface area contributed by atoms with E-state index in [-0.39, 0.29) is 11.4 Å². The molecule has 5 rings (SSSR count). The molecule has 10 heteroatoms. The van der Waals surface area contributed by atoms with Crippen molar-refractivity contribution in [3.63, 3.8) is 0 Å². The molecule has 0 atom stereocenters. The molecule has 0 aliphatic carbocycles. The van der Waals surface area contributed by atoms with Gasteiger partial charge in [-0.1, -0.05) is 0 Å². The predicted molar refractivity (Wildman–Crippen MR) is 130 cm³/mol. The van der Waals surface area contributed by atoms with Crippen molar-refractivity contribution < 1.29 is 13.9 Å². The quantitative estimate of drug-likeness (QED) is 0.462. The van der Waals surface area contributed by atoms with E-state index in [1.165, 1.54) is 22.9 Å². The third kappa shape index (κ3) is 4.50. The summed E-state index contributed by atoms with van der Waals surface area (Å²) < 4.78 is 26.5. The van der Waals surface area contributed by atoms with Crippen molar-refractivity contribution >= 4 is 17.5 Å². The number of fused-ring (bicyclic) bond motifs is 1. The van der Waals surface area contributed by atoms with Crippen LogP contribution in [0, 0.1) is 5.82 Å². The topological polar surface area (TPSA) is 94.4 Å². The first-order chi connectivity index (χ1) is 17.0. The van der Waals surface area contributed by atoms with E-state index in [2.05, 4.69) is 20.3 Å². The molecule has 4 aromatic rings. The molecule has 1 aromatic carbocycles. The van der Waals surface area contributed by atoms with Crippen LogP contribution in [0.2, 0.25) is 0 Å². The molecule has 0 saturated carbocycles. The number of anilines is 3. The van der Waals surface area contributed by atoms with Crippen molar-refractivity contribution in [2.24, 2.45) is 7.05 Å². The zero-order valence-corrected chi connectivity index (χ0v) is 19.2. The van der Waals surface area contributed by atoms with Crippen LogP contribution in [0.1, 0.15) is 6.42 Å². The first-order valence-corrected chi connectivity index (χ1v) is 11.1. The molecule has 3 aromatic heterocycles. The highest BCUT2D eigenvalue weighted by Gasteiger charge is 2.17. The molecule has 4 heterocycles. The van der Waals surface area contributed by atoms with Crippen LogP contribution in [0.4, 0.5) is 21.8 Å². The van der Waals surface area contributed by atoms with E-state index in [9.17, 15) is 9.18 Å². The van der Waals surface area contributed by atoms with Crippen LogP contribution >= 0.6 is 0 Å². The van der Waals surface area contributed by atoms with Gasteiger partial charge < -0.3 is 19.7 Å². The Bertz CT molecular complexity index is 1410. The van der Waals surface area contributed by atoms with Crippen molar-refractivity contribution in [1.29, 1.82) is 0 Å². The number of rotatable bonds is 5. The fourth-order valence-corrected chi connectivity index (χ4v) is 3.76. The lowest BCUT2D eigenvalue weighted by atomic mass is 10.2. The number of benzene rings is 1. The average Bonchev–Trinajstić information content (AvgIpc) is 3.13. The second-order valence-corrected chi connectivity index (χ2v) is 7.97. The smallest absolute Gasteiger partial charge is 0.264 e. The van der Waals surface area contributed by atoms with Crippen molar-refractivity contribution in [2.75, 3.05) is 30.4 Å². The molecule has 0 saturated heterocycles. The third-order valence-corrected chi connectivity index (χ3v) is 5.63. The zero-order valence-electron chi connectivity index (χ0n) is 19.2. The number of nitrogens with one attached hydrogen (secondary N) is 1. The lowest BCUT2D eigenvalue weighted by Gasteiger charge is -2.21. The Hall–Kier alpha value is -4.47. The van der Waals surface area contributed by atoms with Gasteiger partial charge in [-0.3, -0.25) is 14.3 Å². The second-order valence-electron chi connectivity index (χ2n) is 7.97. The van der Waals surface area contributed by atoms with Gasteiger partial charge in [0.25, 0.3) is 5.56 Å². The summed E-state index contributed by atoms with van der Waals surface area (Å²) in [6.07, 6.45) is 5.55. The SMILES string of the molecule is CN(c1ccc(F)cc1)c1ncc(-c2ccc(Oc3ccnc4c3OCCCN4)cn2)c(=O)n1C. The Morgan fingerprint density at radius 1 is 1.09 bits per heavy atom.